The second kappa shape index (κ2) is 7.39. The molecule has 1 N–H and O–H groups in total. The van der Waals surface area contributed by atoms with E-state index in [1.165, 1.54) is 11.3 Å². The molecular weight excluding hydrogens is 312 g/mol. The Bertz CT molecular complexity index is 658. The van der Waals surface area contributed by atoms with Gasteiger partial charge in [-0.2, -0.15) is 0 Å². The molecule has 0 bridgehead atoms. The Morgan fingerprint density at radius 1 is 1.26 bits per heavy atom. The summed E-state index contributed by atoms with van der Waals surface area (Å²) in [5, 5.41) is 4.73. The molecule has 0 radical (unpaired) electrons. The van der Waals surface area contributed by atoms with E-state index < -0.39 is 0 Å². The largest absolute Gasteiger partial charge is 0.365 e. The zero-order valence-corrected chi connectivity index (χ0v) is 13.4. The number of rotatable bonds is 5. The number of hydrogen-bond acceptors (Lipinski definition) is 4. The number of carbonyl (C=O) groups is 2. The highest BCUT2D eigenvalue weighted by Gasteiger charge is 2.26. The van der Waals surface area contributed by atoms with Crippen LogP contribution in [0.25, 0.3) is 0 Å². The van der Waals surface area contributed by atoms with Gasteiger partial charge in [0.05, 0.1) is 11.0 Å². The highest BCUT2D eigenvalue weighted by atomic mass is 32.1. The van der Waals surface area contributed by atoms with Crippen molar-refractivity contribution in [3.63, 3.8) is 0 Å². The number of nitrogens with zero attached hydrogens (tertiary/aromatic N) is 1. The van der Waals surface area contributed by atoms with Crippen LogP contribution in [0.3, 0.4) is 0 Å². The summed E-state index contributed by atoms with van der Waals surface area (Å²) in [5.41, 5.74) is 1.09. The van der Waals surface area contributed by atoms with Crippen molar-refractivity contribution in [2.24, 2.45) is 0 Å². The lowest BCUT2D eigenvalue weighted by atomic mass is 10.2. The smallest absolute Gasteiger partial charge is 0.261 e. The molecule has 1 fully saturated rings. The first-order valence-electron chi connectivity index (χ1n) is 7.47. The summed E-state index contributed by atoms with van der Waals surface area (Å²) in [7, 11) is 0. The van der Waals surface area contributed by atoms with E-state index in [0.29, 0.717) is 24.5 Å². The SMILES string of the molecule is O=C(NCC1CN(Cc2ccccc2)C(=O)CO1)c1cccs1. The van der Waals surface area contributed by atoms with Crippen LogP contribution in [-0.4, -0.2) is 42.5 Å². The van der Waals surface area contributed by atoms with Crippen LogP contribution in [0.2, 0.25) is 0 Å². The molecular formula is C17H18N2O3S. The molecule has 1 atom stereocenters. The topological polar surface area (TPSA) is 58.6 Å². The van der Waals surface area contributed by atoms with Gasteiger partial charge in [0.15, 0.2) is 0 Å². The third-order valence-electron chi connectivity index (χ3n) is 3.67. The van der Waals surface area contributed by atoms with Gasteiger partial charge in [0, 0.05) is 19.6 Å². The van der Waals surface area contributed by atoms with Crippen LogP contribution in [0.1, 0.15) is 15.2 Å². The molecule has 1 aromatic heterocycles. The molecule has 23 heavy (non-hydrogen) atoms. The van der Waals surface area contributed by atoms with Crippen LogP contribution in [0.5, 0.6) is 0 Å². The van der Waals surface area contributed by atoms with Crippen LogP contribution in [0, 0.1) is 0 Å². The molecule has 6 heteroatoms. The van der Waals surface area contributed by atoms with Crippen LogP contribution >= 0.6 is 11.3 Å². The Labute approximate surface area is 138 Å². The first-order chi connectivity index (χ1) is 11.2. The van der Waals surface area contributed by atoms with E-state index in [4.69, 9.17) is 4.74 Å². The van der Waals surface area contributed by atoms with Crippen LogP contribution in [-0.2, 0) is 16.1 Å². The van der Waals surface area contributed by atoms with E-state index in [1.807, 2.05) is 41.8 Å². The van der Waals surface area contributed by atoms with Crippen molar-refractivity contribution in [2.45, 2.75) is 12.6 Å². The predicted octanol–water partition coefficient (Wildman–Crippen LogP) is 1.91. The van der Waals surface area contributed by atoms with Gasteiger partial charge in [-0.3, -0.25) is 9.59 Å². The van der Waals surface area contributed by atoms with Gasteiger partial charge in [0.1, 0.15) is 6.61 Å². The molecule has 0 spiro atoms. The second-order valence-electron chi connectivity index (χ2n) is 5.38. The van der Waals surface area contributed by atoms with Gasteiger partial charge in [-0.1, -0.05) is 36.4 Å². The zero-order valence-electron chi connectivity index (χ0n) is 12.6. The Kier molecular flexibility index (Phi) is 5.05. The average molecular weight is 330 g/mol. The number of benzene rings is 1. The van der Waals surface area contributed by atoms with Gasteiger partial charge in [0.2, 0.25) is 5.91 Å². The molecule has 0 saturated carbocycles. The van der Waals surface area contributed by atoms with Gasteiger partial charge in [-0.05, 0) is 17.0 Å². The van der Waals surface area contributed by atoms with E-state index >= 15 is 0 Å². The lowest BCUT2D eigenvalue weighted by molar-refractivity contribution is -0.149. The average Bonchev–Trinajstić information content (AvgIpc) is 3.11. The first-order valence-corrected chi connectivity index (χ1v) is 8.35. The molecule has 0 aliphatic carbocycles. The molecule has 120 valence electrons. The monoisotopic (exact) mass is 330 g/mol. The van der Waals surface area contributed by atoms with Crippen molar-refractivity contribution in [3.8, 4) is 0 Å². The number of morpholine rings is 1. The quantitative estimate of drug-likeness (QED) is 0.911. The van der Waals surface area contributed by atoms with Gasteiger partial charge in [-0.15, -0.1) is 11.3 Å². The number of thiophene rings is 1. The number of amides is 2. The Balaban J connectivity index is 1.53. The zero-order chi connectivity index (χ0) is 16.1. The summed E-state index contributed by atoms with van der Waals surface area (Å²) in [6, 6.07) is 13.5. The van der Waals surface area contributed by atoms with Crippen molar-refractivity contribution in [2.75, 3.05) is 19.7 Å². The van der Waals surface area contributed by atoms with Gasteiger partial charge in [0.25, 0.3) is 5.91 Å². The minimum absolute atomic E-state index is 0.0188. The molecule has 1 aromatic carbocycles. The van der Waals surface area contributed by atoms with Gasteiger partial charge >= 0.3 is 0 Å². The normalized spacial score (nSPS) is 18.0. The maximum atomic E-state index is 12.0. The first kappa shape index (κ1) is 15.7. The minimum atomic E-state index is -0.180. The van der Waals surface area contributed by atoms with Gasteiger partial charge < -0.3 is 15.0 Å². The van der Waals surface area contributed by atoms with Crippen molar-refractivity contribution < 1.29 is 14.3 Å². The fourth-order valence-electron chi connectivity index (χ4n) is 2.46. The summed E-state index contributed by atoms with van der Waals surface area (Å²) in [6.07, 6.45) is -0.180. The summed E-state index contributed by atoms with van der Waals surface area (Å²) in [4.78, 5) is 26.4. The third kappa shape index (κ3) is 4.18. The van der Waals surface area contributed by atoms with Gasteiger partial charge in [-0.25, -0.2) is 0 Å². The van der Waals surface area contributed by atoms with Crippen molar-refractivity contribution in [1.29, 1.82) is 0 Å². The molecule has 5 nitrogen and oxygen atoms in total. The second-order valence-corrected chi connectivity index (χ2v) is 6.33. The molecule has 2 heterocycles. The minimum Gasteiger partial charge on any atom is -0.365 e. The lowest BCUT2D eigenvalue weighted by Gasteiger charge is -2.32. The Morgan fingerprint density at radius 3 is 2.83 bits per heavy atom. The number of hydrogen-bond donors (Lipinski definition) is 1. The summed E-state index contributed by atoms with van der Waals surface area (Å²) in [5.74, 6) is -0.121. The van der Waals surface area contributed by atoms with E-state index in [-0.39, 0.29) is 24.5 Å². The number of nitrogens with one attached hydrogen (secondary N) is 1. The highest BCUT2D eigenvalue weighted by Crippen LogP contribution is 2.12. The molecule has 2 aromatic rings. The number of carbonyl (C=O) groups excluding carboxylic acids is 2. The molecule has 1 aliphatic heterocycles. The van der Waals surface area contributed by atoms with E-state index in [0.717, 1.165) is 5.56 Å². The lowest BCUT2D eigenvalue weighted by Crippen LogP contribution is -2.50. The highest BCUT2D eigenvalue weighted by molar-refractivity contribution is 7.12. The van der Waals surface area contributed by atoms with Crippen molar-refractivity contribution in [1.82, 2.24) is 10.2 Å². The summed E-state index contributed by atoms with van der Waals surface area (Å²) in [6.45, 7) is 1.51. The van der Waals surface area contributed by atoms with Crippen molar-refractivity contribution >= 4 is 23.2 Å². The number of ether oxygens (including phenoxy) is 1. The fraction of sp³-hybridized carbons (Fsp3) is 0.294. The molecule has 3 rings (SSSR count). The maximum Gasteiger partial charge on any atom is 0.261 e. The van der Waals surface area contributed by atoms with Crippen LogP contribution in [0.4, 0.5) is 0 Å². The predicted molar refractivity (Wildman–Crippen MR) is 88.3 cm³/mol. The molecule has 1 unspecified atom stereocenters. The third-order valence-corrected chi connectivity index (χ3v) is 4.54. The standard InChI is InChI=1S/C17H18N2O3S/c20-16-12-22-14(9-18-17(21)15-7-4-8-23-15)11-19(16)10-13-5-2-1-3-6-13/h1-8,14H,9-12H2,(H,18,21). The van der Waals surface area contributed by atoms with E-state index in [9.17, 15) is 9.59 Å². The Morgan fingerprint density at radius 2 is 2.09 bits per heavy atom. The Hall–Kier alpha value is -2.18. The molecule has 1 aliphatic rings. The summed E-state index contributed by atoms with van der Waals surface area (Å²) < 4.78 is 5.52. The van der Waals surface area contributed by atoms with Crippen LogP contribution in [0.15, 0.2) is 47.8 Å². The summed E-state index contributed by atoms with van der Waals surface area (Å²) >= 11 is 1.40. The van der Waals surface area contributed by atoms with E-state index in [1.54, 1.807) is 11.0 Å². The fourth-order valence-corrected chi connectivity index (χ4v) is 3.10. The molecule has 1 saturated heterocycles. The molecule has 2 amide bonds. The van der Waals surface area contributed by atoms with Crippen molar-refractivity contribution in [3.05, 3.63) is 58.3 Å². The van der Waals surface area contributed by atoms with Crippen LogP contribution < -0.4 is 5.32 Å². The maximum absolute atomic E-state index is 12.0. The van der Waals surface area contributed by atoms with E-state index in [2.05, 4.69) is 5.32 Å².